The summed E-state index contributed by atoms with van der Waals surface area (Å²) in [6, 6.07) is 5.93. The van der Waals surface area contributed by atoms with E-state index in [0.717, 1.165) is 0 Å². The van der Waals surface area contributed by atoms with Crippen LogP contribution in [0.5, 0.6) is 0 Å². The molecule has 1 aromatic heterocycles. The predicted octanol–water partition coefficient (Wildman–Crippen LogP) is 2.11. The fourth-order valence-corrected chi connectivity index (χ4v) is 1.60. The second-order valence-electron chi connectivity index (χ2n) is 4.11. The molecule has 0 radical (unpaired) electrons. The van der Waals surface area contributed by atoms with Crippen LogP contribution in [0.25, 0.3) is 11.4 Å². The molecule has 5 nitrogen and oxygen atoms in total. The highest BCUT2D eigenvalue weighted by molar-refractivity contribution is 5.76. The van der Waals surface area contributed by atoms with Crippen molar-refractivity contribution >= 4 is 5.91 Å². The minimum Gasteiger partial charge on any atom is -0.353 e. The minimum absolute atomic E-state index is 0.115. The number of rotatable bonds is 6. The van der Waals surface area contributed by atoms with Crippen LogP contribution in [-0.4, -0.2) is 22.6 Å². The maximum atomic E-state index is 13.1. The van der Waals surface area contributed by atoms with Crippen molar-refractivity contribution in [3.05, 3.63) is 48.6 Å². The third kappa shape index (κ3) is 3.74. The molecule has 1 aromatic carbocycles. The van der Waals surface area contributed by atoms with Gasteiger partial charge >= 0.3 is 0 Å². The number of hydrogen-bond donors (Lipinski definition) is 1. The van der Waals surface area contributed by atoms with Crippen LogP contribution in [-0.2, 0) is 11.2 Å². The SMILES string of the molecule is C=CCNC(=O)CCc1nc(-c2cccc(F)c2)no1. The highest BCUT2D eigenvalue weighted by Gasteiger charge is 2.10. The largest absolute Gasteiger partial charge is 0.353 e. The van der Waals surface area contributed by atoms with Gasteiger partial charge in [-0.3, -0.25) is 4.79 Å². The van der Waals surface area contributed by atoms with Crippen LogP contribution in [0.15, 0.2) is 41.4 Å². The van der Waals surface area contributed by atoms with Crippen LogP contribution in [0.4, 0.5) is 4.39 Å². The normalized spacial score (nSPS) is 10.2. The van der Waals surface area contributed by atoms with Crippen molar-refractivity contribution in [2.45, 2.75) is 12.8 Å². The van der Waals surface area contributed by atoms with Gasteiger partial charge in [0.25, 0.3) is 0 Å². The van der Waals surface area contributed by atoms with E-state index >= 15 is 0 Å². The molecule has 0 aliphatic rings. The first kappa shape index (κ1) is 13.9. The predicted molar refractivity (Wildman–Crippen MR) is 71.2 cm³/mol. The van der Waals surface area contributed by atoms with Crippen molar-refractivity contribution in [1.82, 2.24) is 15.5 Å². The molecule has 0 saturated heterocycles. The fraction of sp³-hybridized carbons (Fsp3) is 0.214. The second kappa shape index (κ2) is 6.60. The standard InChI is InChI=1S/C14H14FN3O2/c1-2-8-16-12(19)6-7-13-17-14(18-20-13)10-4-3-5-11(15)9-10/h2-5,9H,1,6-8H2,(H,16,19). The number of aromatic nitrogens is 2. The van der Waals surface area contributed by atoms with E-state index in [0.29, 0.717) is 30.2 Å². The first-order valence-electron chi connectivity index (χ1n) is 6.15. The molecule has 0 aliphatic heterocycles. The number of nitrogens with one attached hydrogen (secondary N) is 1. The van der Waals surface area contributed by atoms with E-state index in [2.05, 4.69) is 22.0 Å². The molecule has 0 bridgehead atoms. The van der Waals surface area contributed by atoms with Crippen LogP contribution in [0, 0.1) is 5.82 Å². The number of carbonyl (C=O) groups is 1. The van der Waals surface area contributed by atoms with Crippen LogP contribution in [0.2, 0.25) is 0 Å². The number of halogens is 1. The van der Waals surface area contributed by atoms with Gasteiger partial charge in [0.05, 0.1) is 0 Å². The quantitative estimate of drug-likeness (QED) is 0.820. The average Bonchev–Trinajstić information content (AvgIpc) is 2.92. The molecule has 1 amide bonds. The number of hydrogen-bond acceptors (Lipinski definition) is 4. The summed E-state index contributed by atoms with van der Waals surface area (Å²) in [5.74, 6) is 0.178. The van der Waals surface area contributed by atoms with Gasteiger partial charge in [0.1, 0.15) is 5.82 Å². The van der Waals surface area contributed by atoms with Gasteiger partial charge < -0.3 is 9.84 Å². The molecule has 0 atom stereocenters. The lowest BCUT2D eigenvalue weighted by atomic mass is 10.2. The Morgan fingerprint density at radius 1 is 1.50 bits per heavy atom. The Labute approximate surface area is 115 Å². The molecule has 6 heteroatoms. The Morgan fingerprint density at radius 3 is 3.10 bits per heavy atom. The highest BCUT2D eigenvalue weighted by atomic mass is 19.1. The number of carbonyl (C=O) groups excluding carboxylic acids is 1. The monoisotopic (exact) mass is 275 g/mol. The van der Waals surface area contributed by atoms with Gasteiger partial charge in [-0.1, -0.05) is 23.4 Å². The van der Waals surface area contributed by atoms with Gasteiger partial charge in [0, 0.05) is 24.9 Å². The van der Waals surface area contributed by atoms with Crippen molar-refractivity contribution in [1.29, 1.82) is 0 Å². The molecule has 0 unspecified atom stereocenters. The summed E-state index contributed by atoms with van der Waals surface area (Å²) in [5, 5.41) is 6.42. The van der Waals surface area contributed by atoms with Gasteiger partial charge in [0.15, 0.2) is 0 Å². The summed E-state index contributed by atoms with van der Waals surface area (Å²) >= 11 is 0. The first-order chi connectivity index (χ1) is 9.69. The highest BCUT2D eigenvalue weighted by Crippen LogP contribution is 2.17. The zero-order valence-electron chi connectivity index (χ0n) is 10.8. The molecule has 1 N–H and O–H groups in total. The fourth-order valence-electron chi connectivity index (χ4n) is 1.60. The summed E-state index contributed by atoms with van der Waals surface area (Å²) in [5.41, 5.74) is 0.538. The summed E-state index contributed by atoms with van der Waals surface area (Å²) in [6.45, 7) is 3.94. The van der Waals surface area contributed by atoms with E-state index < -0.39 is 0 Å². The molecule has 1 heterocycles. The lowest BCUT2D eigenvalue weighted by molar-refractivity contribution is -0.120. The Balaban J connectivity index is 1.95. The summed E-state index contributed by atoms with van der Waals surface area (Å²) in [7, 11) is 0. The summed E-state index contributed by atoms with van der Waals surface area (Å²) < 4.78 is 18.1. The third-order valence-electron chi connectivity index (χ3n) is 2.56. The molecule has 104 valence electrons. The maximum Gasteiger partial charge on any atom is 0.227 e. The van der Waals surface area contributed by atoms with Crippen molar-refractivity contribution < 1.29 is 13.7 Å². The minimum atomic E-state index is -0.363. The number of aryl methyl sites for hydroxylation is 1. The van der Waals surface area contributed by atoms with Gasteiger partial charge in [-0.05, 0) is 12.1 Å². The van der Waals surface area contributed by atoms with Crippen LogP contribution < -0.4 is 5.32 Å². The molecule has 0 aliphatic carbocycles. The topological polar surface area (TPSA) is 68.0 Å². The van der Waals surface area contributed by atoms with E-state index in [-0.39, 0.29) is 18.1 Å². The number of benzene rings is 1. The van der Waals surface area contributed by atoms with Crippen LogP contribution in [0.1, 0.15) is 12.3 Å². The summed E-state index contributed by atoms with van der Waals surface area (Å²) in [4.78, 5) is 15.5. The van der Waals surface area contributed by atoms with Gasteiger partial charge in [-0.2, -0.15) is 4.98 Å². The molecule has 20 heavy (non-hydrogen) atoms. The first-order valence-corrected chi connectivity index (χ1v) is 6.15. The Hall–Kier alpha value is -2.50. The Morgan fingerprint density at radius 2 is 2.35 bits per heavy atom. The van der Waals surface area contributed by atoms with Gasteiger partial charge in [-0.15, -0.1) is 6.58 Å². The lowest BCUT2D eigenvalue weighted by Gasteiger charge is -1.98. The molecule has 2 aromatic rings. The van der Waals surface area contributed by atoms with E-state index in [1.54, 1.807) is 18.2 Å². The second-order valence-corrected chi connectivity index (χ2v) is 4.11. The smallest absolute Gasteiger partial charge is 0.227 e. The maximum absolute atomic E-state index is 13.1. The number of nitrogens with zero attached hydrogens (tertiary/aromatic N) is 2. The average molecular weight is 275 g/mol. The number of amides is 1. The van der Waals surface area contributed by atoms with E-state index in [1.807, 2.05) is 0 Å². The Bertz CT molecular complexity index is 610. The van der Waals surface area contributed by atoms with Crippen molar-refractivity contribution in [2.24, 2.45) is 0 Å². The van der Waals surface area contributed by atoms with Gasteiger partial charge in [-0.25, -0.2) is 4.39 Å². The molecular weight excluding hydrogens is 261 g/mol. The lowest BCUT2D eigenvalue weighted by Crippen LogP contribution is -2.23. The zero-order valence-corrected chi connectivity index (χ0v) is 10.8. The van der Waals surface area contributed by atoms with E-state index in [1.165, 1.54) is 12.1 Å². The van der Waals surface area contributed by atoms with E-state index in [4.69, 9.17) is 4.52 Å². The zero-order chi connectivity index (χ0) is 14.4. The van der Waals surface area contributed by atoms with Crippen molar-refractivity contribution in [3.8, 4) is 11.4 Å². The third-order valence-corrected chi connectivity index (χ3v) is 2.56. The Kier molecular flexibility index (Phi) is 4.60. The van der Waals surface area contributed by atoms with E-state index in [9.17, 15) is 9.18 Å². The van der Waals surface area contributed by atoms with Crippen LogP contribution in [0.3, 0.4) is 0 Å². The molecule has 0 fully saturated rings. The van der Waals surface area contributed by atoms with Crippen molar-refractivity contribution in [2.75, 3.05) is 6.54 Å². The molecule has 0 spiro atoms. The molecular formula is C14H14FN3O2. The van der Waals surface area contributed by atoms with Gasteiger partial charge in [0.2, 0.25) is 17.6 Å². The van der Waals surface area contributed by atoms with Crippen molar-refractivity contribution in [3.63, 3.8) is 0 Å². The summed E-state index contributed by atoms with van der Waals surface area (Å²) in [6.07, 6.45) is 2.19. The molecule has 0 saturated carbocycles. The van der Waals surface area contributed by atoms with Crippen LogP contribution >= 0.6 is 0 Å². The molecule has 2 rings (SSSR count).